The number of nitrogens with two attached hydrogens (primary N) is 2. The van der Waals surface area contributed by atoms with Gasteiger partial charge in [-0.25, -0.2) is 4.79 Å². The van der Waals surface area contributed by atoms with E-state index in [1.54, 1.807) is 13.8 Å². The molecule has 0 saturated carbocycles. The molecule has 0 aromatic carbocycles. The van der Waals surface area contributed by atoms with Crippen molar-refractivity contribution in [3.63, 3.8) is 0 Å². The summed E-state index contributed by atoms with van der Waals surface area (Å²) in [5, 5.41) is 14.1. The summed E-state index contributed by atoms with van der Waals surface area (Å²) in [5.74, 6) is -2.35. The molecule has 0 heterocycles. The zero-order valence-corrected chi connectivity index (χ0v) is 13.5. The van der Waals surface area contributed by atoms with Crippen molar-refractivity contribution in [1.29, 1.82) is 0 Å². The van der Waals surface area contributed by atoms with Gasteiger partial charge in [0.2, 0.25) is 11.8 Å². The topological polar surface area (TPSA) is 148 Å². The Morgan fingerprint density at radius 1 is 1.05 bits per heavy atom. The second-order valence-electron chi connectivity index (χ2n) is 5.70. The summed E-state index contributed by atoms with van der Waals surface area (Å²) in [6.07, 6.45) is 1.74. The molecular formula is C14H28N4O4. The molecule has 128 valence electrons. The summed E-state index contributed by atoms with van der Waals surface area (Å²) in [4.78, 5) is 35.1. The Labute approximate surface area is 131 Å². The number of amides is 2. The van der Waals surface area contributed by atoms with Crippen LogP contribution in [0.15, 0.2) is 0 Å². The summed E-state index contributed by atoms with van der Waals surface area (Å²) < 4.78 is 0. The van der Waals surface area contributed by atoms with E-state index in [1.165, 1.54) is 6.92 Å². The quantitative estimate of drug-likeness (QED) is 0.332. The lowest BCUT2D eigenvalue weighted by molar-refractivity contribution is -0.143. The molecule has 0 spiro atoms. The van der Waals surface area contributed by atoms with Gasteiger partial charge < -0.3 is 27.2 Å². The Morgan fingerprint density at radius 3 is 2.05 bits per heavy atom. The molecule has 0 fully saturated rings. The van der Waals surface area contributed by atoms with E-state index in [1.807, 2.05) is 0 Å². The number of carboxylic acids is 1. The van der Waals surface area contributed by atoms with Gasteiger partial charge in [-0.2, -0.15) is 0 Å². The third kappa shape index (κ3) is 7.37. The predicted octanol–water partition coefficient (Wildman–Crippen LogP) is -0.827. The highest BCUT2D eigenvalue weighted by molar-refractivity contribution is 5.91. The largest absolute Gasteiger partial charge is 0.480 e. The normalized spacial score (nSPS) is 15.0. The van der Waals surface area contributed by atoms with Crippen LogP contribution in [0.2, 0.25) is 0 Å². The lowest BCUT2D eigenvalue weighted by Gasteiger charge is -2.23. The van der Waals surface area contributed by atoms with E-state index in [-0.39, 0.29) is 5.92 Å². The van der Waals surface area contributed by atoms with Crippen molar-refractivity contribution >= 4 is 17.8 Å². The molecule has 0 rings (SSSR count). The van der Waals surface area contributed by atoms with Crippen LogP contribution in [-0.2, 0) is 14.4 Å². The standard InChI is InChI=1S/C14H28N4O4/c1-8(2)11(14(21)22)18-13(20)10(6-4-5-7-15)17-12(19)9(3)16/h8-11H,4-7,15-16H2,1-3H3,(H,17,19)(H,18,20)(H,21,22)/t9-,10-,11-/m0/s1. The Hall–Kier alpha value is -1.67. The van der Waals surface area contributed by atoms with Gasteiger partial charge in [-0.05, 0) is 38.6 Å². The molecule has 3 atom stereocenters. The Morgan fingerprint density at radius 2 is 1.64 bits per heavy atom. The van der Waals surface area contributed by atoms with Crippen LogP contribution in [0.5, 0.6) is 0 Å². The summed E-state index contributed by atoms with van der Waals surface area (Å²) in [6, 6.07) is -2.56. The van der Waals surface area contributed by atoms with Crippen molar-refractivity contribution in [3.05, 3.63) is 0 Å². The number of unbranched alkanes of at least 4 members (excludes halogenated alkanes) is 1. The molecule has 0 radical (unpaired) electrons. The van der Waals surface area contributed by atoms with E-state index in [0.29, 0.717) is 25.8 Å². The zero-order chi connectivity index (χ0) is 17.3. The van der Waals surface area contributed by atoms with Crippen LogP contribution < -0.4 is 22.1 Å². The molecule has 0 unspecified atom stereocenters. The SMILES string of the molecule is CC(C)[C@H](NC(=O)[C@H](CCCCN)NC(=O)[C@H](C)N)C(=O)O. The zero-order valence-electron chi connectivity index (χ0n) is 13.5. The van der Waals surface area contributed by atoms with Gasteiger partial charge in [0, 0.05) is 0 Å². The maximum Gasteiger partial charge on any atom is 0.326 e. The maximum atomic E-state index is 12.3. The first kappa shape index (κ1) is 20.3. The second kappa shape index (κ2) is 10.1. The fourth-order valence-corrected chi connectivity index (χ4v) is 1.83. The van der Waals surface area contributed by atoms with Crippen LogP contribution in [0.4, 0.5) is 0 Å². The molecule has 0 aromatic rings. The Kier molecular flexibility index (Phi) is 9.35. The molecule has 8 nitrogen and oxygen atoms in total. The van der Waals surface area contributed by atoms with Crippen LogP contribution >= 0.6 is 0 Å². The molecule has 0 aliphatic carbocycles. The highest BCUT2D eigenvalue weighted by Crippen LogP contribution is 2.06. The molecule has 0 aliphatic heterocycles. The lowest BCUT2D eigenvalue weighted by Crippen LogP contribution is -2.55. The van der Waals surface area contributed by atoms with Crippen molar-refractivity contribution in [2.75, 3.05) is 6.54 Å². The number of aliphatic carboxylic acids is 1. The van der Waals surface area contributed by atoms with Crippen molar-refractivity contribution in [2.45, 2.75) is 58.2 Å². The van der Waals surface area contributed by atoms with E-state index in [0.717, 1.165) is 0 Å². The van der Waals surface area contributed by atoms with Crippen LogP contribution in [0.1, 0.15) is 40.0 Å². The van der Waals surface area contributed by atoms with Crippen molar-refractivity contribution in [3.8, 4) is 0 Å². The molecule has 0 aromatic heterocycles. The average molecular weight is 316 g/mol. The van der Waals surface area contributed by atoms with Crippen LogP contribution in [0.3, 0.4) is 0 Å². The number of rotatable bonds is 10. The number of carbonyl (C=O) groups is 3. The molecule has 8 heteroatoms. The van der Waals surface area contributed by atoms with E-state index < -0.39 is 35.9 Å². The van der Waals surface area contributed by atoms with Crippen LogP contribution in [0.25, 0.3) is 0 Å². The monoisotopic (exact) mass is 316 g/mol. The summed E-state index contributed by atoms with van der Waals surface area (Å²) >= 11 is 0. The highest BCUT2D eigenvalue weighted by atomic mass is 16.4. The van der Waals surface area contributed by atoms with Crippen molar-refractivity contribution < 1.29 is 19.5 Å². The average Bonchev–Trinajstić information content (AvgIpc) is 2.42. The fourth-order valence-electron chi connectivity index (χ4n) is 1.83. The first-order valence-corrected chi connectivity index (χ1v) is 7.49. The van der Waals surface area contributed by atoms with Gasteiger partial charge in [0.25, 0.3) is 0 Å². The van der Waals surface area contributed by atoms with Gasteiger partial charge in [0.1, 0.15) is 12.1 Å². The number of carboxylic acid groups (broad SMARTS) is 1. The van der Waals surface area contributed by atoms with Gasteiger partial charge in [0.05, 0.1) is 6.04 Å². The number of hydrogen-bond acceptors (Lipinski definition) is 5. The van der Waals surface area contributed by atoms with Crippen molar-refractivity contribution in [1.82, 2.24) is 10.6 Å². The summed E-state index contributed by atoms with van der Waals surface area (Å²) in [5.41, 5.74) is 10.9. The van der Waals surface area contributed by atoms with E-state index >= 15 is 0 Å². The van der Waals surface area contributed by atoms with Crippen LogP contribution in [0, 0.1) is 5.92 Å². The number of nitrogens with one attached hydrogen (secondary N) is 2. The van der Waals surface area contributed by atoms with Gasteiger partial charge in [0.15, 0.2) is 0 Å². The third-order valence-electron chi connectivity index (χ3n) is 3.22. The molecule has 22 heavy (non-hydrogen) atoms. The smallest absolute Gasteiger partial charge is 0.326 e. The van der Waals surface area contributed by atoms with Gasteiger partial charge in [-0.1, -0.05) is 13.8 Å². The minimum absolute atomic E-state index is 0.268. The molecule has 0 bridgehead atoms. The Bertz CT molecular complexity index is 385. The molecule has 0 aliphatic rings. The molecule has 7 N–H and O–H groups in total. The lowest BCUT2D eigenvalue weighted by atomic mass is 10.0. The minimum atomic E-state index is -1.11. The predicted molar refractivity (Wildman–Crippen MR) is 82.9 cm³/mol. The summed E-state index contributed by atoms with van der Waals surface area (Å²) in [7, 11) is 0. The number of carbonyl (C=O) groups excluding carboxylic acids is 2. The second-order valence-corrected chi connectivity index (χ2v) is 5.70. The maximum absolute atomic E-state index is 12.3. The number of hydrogen-bond donors (Lipinski definition) is 5. The van der Waals surface area contributed by atoms with Gasteiger partial charge >= 0.3 is 5.97 Å². The third-order valence-corrected chi connectivity index (χ3v) is 3.22. The molecular weight excluding hydrogens is 288 g/mol. The molecule has 2 amide bonds. The van der Waals surface area contributed by atoms with E-state index in [2.05, 4.69) is 10.6 Å². The van der Waals surface area contributed by atoms with Gasteiger partial charge in [-0.3, -0.25) is 9.59 Å². The highest BCUT2D eigenvalue weighted by Gasteiger charge is 2.28. The minimum Gasteiger partial charge on any atom is -0.480 e. The van der Waals surface area contributed by atoms with Crippen molar-refractivity contribution in [2.24, 2.45) is 17.4 Å². The van der Waals surface area contributed by atoms with E-state index in [4.69, 9.17) is 16.6 Å². The van der Waals surface area contributed by atoms with E-state index in [9.17, 15) is 14.4 Å². The Balaban J connectivity index is 4.85. The molecule has 0 saturated heterocycles. The fraction of sp³-hybridized carbons (Fsp3) is 0.786. The van der Waals surface area contributed by atoms with Gasteiger partial charge in [-0.15, -0.1) is 0 Å². The first-order valence-electron chi connectivity index (χ1n) is 7.49. The first-order chi connectivity index (χ1) is 10.2. The van der Waals surface area contributed by atoms with Crippen LogP contribution in [-0.4, -0.2) is 47.6 Å². The summed E-state index contributed by atoms with van der Waals surface area (Å²) in [6.45, 7) is 5.39.